The second-order valence-electron chi connectivity index (χ2n) is 3.07. The van der Waals surface area contributed by atoms with Gasteiger partial charge in [0.2, 0.25) is 0 Å². The van der Waals surface area contributed by atoms with Crippen LogP contribution in [0.15, 0.2) is 24.3 Å². The zero-order valence-electron chi connectivity index (χ0n) is 7.92. The molecule has 0 aliphatic rings. The number of nitrogens with two attached hydrogens (primary N) is 4. The molecule has 1 heterocycles. The first-order valence-electron chi connectivity index (χ1n) is 4.22. The standard InChI is InChI=1S/C8H12N4P2S/c9-13(10)7-5-3-1-2-4-6(5)15-8(7)14(11)12/h1-4H,9-12H2. The van der Waals surface area contributed by atoms with Crippen LogP contribution in [0, 0.1) is 0 Å². The van der Waals surface area contributed by atoms with Crippen molar-refractivity contribution in [3.05, 3.63) is 24.3 Å². The van der Waals surface area contributed by atoms with Gasteiger partial charge >= 0.3 is 0 Å². The summed E-state index contributed by atoms with van der Waals surface area (Å²) in [6.45, 7) is 0. The van der Waals surface area contributed by atoms with Crippen LogP contribution in [0.25, 0.3) is 10.1 Å². The summed E-state index contributed by atoms with van der Waals surface area (Å²) >= 11 is 1.60. The maximum atomic E-state index is 5.81. The van der Waals surface area contributed by atoms with Crippen molar-refractivity contribution >= 4 is 47.8 Å². The van der Waals surface area contributed by atoms with E-state index in [0.29, 0.717) is 0 Å². The van der Waals surface area contributed by atoms with E-state index in [1.54, 1.807) is 11.3 Å². The Hall–Kier alpha value is -0.120. The van der Waals surface area contributed by atoms with Gasteiger partial charge in [-0.3, -0.25) is 22.0 Å². The summed E-state index contributed by atoms with van der Waals surface area (Å²) in [5.74, 6) is 0. The van der Waals surface area contributed by atoms with Crippen molar-refractivity contribution in [1.82, 2.24) is 0 Å². The fourth-order valence-electron chi connectivity index (χ4n) is 1.44. The second-order valence-corrected chi connectivity index (χ2v) is 6.94. The van der Waals surface area contributed by atoms with E-state index in [0.717, 1.165) is 20.0 Å². The first-order valence-corrected chi connectivity index (χ1v) is 7.99. The number of hydrogen-bond donors (Lipinski definition) is 4. The molecule has 2 rings (SSSR count). The van der Waals surface area contributed by atoms with Gasteiger partial charge in [-0.15, -0.1) is 11.3 Å². The number of thiophene rings is 1. The Morgan fingerprint density at radius 2 is 1.60 bits per heavy atom. The molecule has 0 bridgehead atoms. The van der Waals surface area contributed by atoms with Crippen LogP contribution < -0.4 is 31.9 Å². The van der Waals surface area contributed by atoms with Gasteiger partial charge < -0.3 is 0 Å². The van der Waals surface area contributed by atoms with Crippen molar-refractivity contribution in [2.45, 2.75) is 0 Å². The molecule has 15 heavy (non-hydrogen) atoms. The van der Waals surface area contributed by atoms with E-state index < -0.39 is 16.4 Å². The summed E-state index contributed by atoms with van der Waals surface area (Å²) in [4.78, 5) is 0. The number of rotatable bonds is 2. The molecule has 0 saturated carbocycles. The third-order valence-electron chi connectivity index (χ3n) is 2.04. The van der Waals surface area contributed by atoms with Gasteiger partial charge in [-0.25, -0.2) is 0 Å². The SMILES string of the molecule is NP(N)c1sc2ccccc2c1P(N)N. The smallest absolute Gasteiger partial charge is 0.0725 e. The third kappa shape index (κ3) is 2.05. The molecular weight excluding hydrogens is 246 g/mol. The molecule has 80 valence electrons. The average molecular weight is 258 g/mol. The summed E-state index contributed by atoms with van der Waals surface area (Å²) in [5, 5.41) is 2.05. The molecule has 4 nitrogen and oxygen atoms in total. The molecule has 0 radical (unpaired) electrons. The van der Waals surface area contributed by atoms with Gasteiger partial charge in [0, 0.05) is 15.4 Å². The van der Waals surface area contributed by atoms with E-state index >= 15 is 0 Å². The lowest BCUT2D eigenvalue weighted by Crippen LogP contribution is -2.27. The fraction of sp³-hybridized carbons (Fsp3) is 0. The van der Waals surface area contributed by atoms with Crippen molar-refractivity contribution in [2.75, 3.05) is 0 Å². The summed E-state index contributed by atoms with van der Waals surface area (Å²) in [7, 11) is -2.27. The Morgan fingerprint density at radius 1 is 0.933 bits per heavy atom. The van der Waals surface area contributed by atoms with Gasteiger partial charge in [-0.2, -0.15) is 0 Å². The average Bonchev–Trinajstić information content (AvgIpc) is 2.56. The molecule has 0 atom stereocenters. The summed E-state index contributed by atoms with van der Waals surface area (Å²) in [6, 6.07) is 8.00. The topological polar surface area (TPSA) is 104 Å². The van der Waals surface area contributed by atoms with Crippen molar-refractivity contribution in [1.29, 1.82) is 0 Å². The molecule has 0 fully saturated rings. The minimum absolute atomic E-state index is 0.960. The van der Waals surface area contributed by atoms with Gasteiger partial charge in [0.25, 0.3) is 0 Å². The molecule has 0 unspecified atom stereocenters. The molecule has 1 aromatic carbocycles. The Balaban J connectivity index is 2.75. The highest BCUT2D eigenvalue weighted by molar-refractivity contribution is 7.73. The maximum Gasteiger partial charge on any atom is 0.0725 e. The van der Waals surface area contributed by atoms with Gasteiger partial charge in [0.15, 0.2) is 0 Å². The van der Waals surface area contributed by atoms with Crippen LogP contribution in [0.3, 0.4) is 0 Å². The minimum atomic E-state index is -1.14. The lowest BCUT2D eigenvalue weighted by Gasteiger charge is -2.09. The predicted molar refractivity (Wildman–Crippen MR) is 71.7 cm³/mol. The van der Waals surface area contributed by atoms with Gasteiger partial charge in [0.1, 0.15) is 0 Å². The summed E-state index contributed by atoms with van der Waals surface area (Å²) in [6.07, 6.45) is 0. The number of fused-ring (bicyclic) bond motifs is 1. The highest BCUT2D eigenvalue weighted by Crippen LogP contribution is 2.31. The molecule has 2 aromatic rings. The molecular formula is C8H12N4P2S. The zero-order chi connectivity index (χ0) is 11.0. The van der Waals surface area contributed by atoms with E-state index in [9.17, 15) is 0 Å². The largest absolute Gasteiger partial charge is 0.294 e. The van der Waals surface area contributed by atoms with Crippen LogP contribution in [-0.4, -0.2) is 0 Å². The molecule has 8 N–H and O–H groups in total. The third-order valence-corrected chi connectivity index (χ3v) is 5.93. The van der Waals surface area contributed by atoms with E-state index in [1.807, 2.05) is 24.3 Å². The highest BCUT2D eigenvalue weighted by Gasteiger charge is 2.18. The maximum absolute atomic E-state index is 5.81. The van der Waals surface area contributed by atoms with Gasteiger partial charge in [-0.05, 0) is 6.07 Å². The molecule has 0 spiro atoms. The first-order chi connectivity index (χ1) is 7.11. The van der Waals surface area contributed by atoms with Crippen LogP contribution in [-0.2, 0) is 0 Å². The second kappa shape index (κ2) is 4.40. The molecule has 0 aliphatic heterocycles. The molecule has 1 aromatic heterocycles. The number of hydrogen-bond acceptors (Lipinski definition) is 5. The van der Waals surface area contributed by atoms with E-state index in [2.05, 4.69) is 0 Å². The first kappa shape index (κ1) is 11.4. The van der Waals surface area contributed by atoms with Crippen molar-refractivity contribution in [2.24, 2.45) is 22.0 Å². The number of benzene rings is 1. The van der Waals surface area contributed by atoms with E-state index in [-0.39, 0.29) is 0 Å². The molecule has 7 heteroatoms. The molecule has 0 amide bonds. The van der Waals surface area contributed by atoms with Crippen LogP contribution in [0.2, 0.25) is 0 Å². The van der Waals surface area contributed by atoms with Crippen LogP contribution >= 0.6 is 27.8 Å². The summed E-state index contributed by atoms with van der Waals surface area (Å²) in [5.41, 5.74) is 23.2. The van der Waals surface area contributed by atoms with Gasteiger partial charge in [-0.1, -0.05) is 18.2 Å². The van der Waals surface area contributed by atoms with Crippen LogP contribution in [0.1, 0.15) is 0 Å². The Labute approximate surface area is 94.3 Å². The van der Waals surface area contributed by atoms with Crippen LogP contribution in [0.5, 0.6) is 0 Å². The quantitative estimate of drug-likeness (QED) is 0.592. The van der Waals surface area contributed by atoms with E-state index in [4.69, 9.17) is 22.0 Å². The fourth-order valence-corrected chi connectivity index (χ4v) is 5.28. The van der Waals surface area contributed by atoms with E-state index in [1.165, 1.54) is 0 Å². The predicted octanol–water partition coefficient (Wildman–Crippen LogP) is 0.611. The molecule has 0 saturated heterocycles. The normalized spacial score (nSPS) is 11.9. The van der Waals surface area contributed by atoms with Gasteiger partial charge in [0.05, 0.1) is 21.1 Å². The lowest BCUT2D eigenvalue weighted by molar-refractivity contribution is 1.79. The zero-order valence-corrected chi connectivity index (χ0v) is 10.5. The summed E-state index contributed by atoms with van der Waals surface area (Å²) < 4.78 is 2.11. The lowest BCUT2D eigenvalue weighted by atomic mass is 10.3. The highest BCUT2D eigenvalue weighted by atomic mass is 32.1. The Bertz CT molecular complexity index is 482. The Kier molecular flexibility index (Phi) is 3.33. The minimum Gasteiger partial charge on any atom is -0.294 e. The van der Waals surface area contributed by atoms with Crippen molar-refractivity contribution in [3.8, 4) is 0 Å². The monoisotopic (exact) mass is 258 g/mol. The Morgan fingerprint density at radius 3 is 2.20 bits per heavy atom. The van der Waals surface area contributed by atoms with Crippen LogP contribution in [0.4, 0.5) is 0 Å². The molecule has 0 aliphatic carbocycles. The van der Waals surface area contributed by atoms with Crippen molar-refractivity contribution in [3.63, 3.8) is 0 Å². The van der Waals surface area contributed by atoms with Crippen molar-refractivity contribution < 1.29 is 0 Å².